The van der Waals surface area contributed by atoms with Gasteiger partial charge < -0.3 is 20.5 Å². The van der Waals surface area contributed by atoms with Crippen molar-refractivity contribution in [1.82, 2.24) is 10.3 Å². The summed E-state index contributed by atoms with van der Waals surface area (Å²) in [5.41, 5.74) is 3.35. The molecule has 1 saturated heterocycles. The predicted molar refractivity (Wildman–Crippen MR) is 111 cm³/mol. The van der Waals surface area contributed by atoms with Crippen molar-refractivity contribution in [3.05, 3.63) is 29.1 Å². The van der Waals surface area contributed by atoms with E-state index in [2.05, 4.69) is 20.9 Å². The normalized spacial score (nSPS) is 17.9. The van der Waals surface area contributed by atoms with Crippen molar-refractivity contribution < 1.29 is 19.4 Å². The van der Waals surface area contributed by atoms with Gasteiger partial charge in [-0.1, -0.05) is 6.07 Å². The highest BCUT2D eigenvalue weighted by Gasteiger charge is 2.32. The molecule has 0 unspecified atom stereocenters. The van der Waals surface area contributed by atoms with Crippen molar-refractivity contribution in [1.29, 1.82) is 0 Å². The van der Waals surface area contributed by atoms with E-state index in [9.17, 15) is 14.7 Å². The van der Waals surface area contributed by atoms with Gasteiger partial charge >= 0.3 is 6.03 Å². The number of hydrogen-bond acceptors (Lipinski definition) is 6. The zero-order valence-corrected chi connectivity index (χ0v) is 16.8. The first-order valence-corrected chi connectivity index (χ1v) is 10.6. The molecule has 0 aliphatic carbocycles. The fourth-order valence-corrected chi connectivity index (χ4v) is 4.33. The number of carbonyl (C=O) groups is 2. The van der Waals surface area contributed by atoms with E-state index < -0.39 is 0 Å². The van der Waals surface area contributed by atoms with Crippen LogP contribution in [-0.4, -0.2) is 48.4 Å². The van der Waals surface area contributed by atoms with Gasteiger partial charge in [0.1, 0.15) is 0 Å². The highest BCUT2D eigenvalue weighted by Crippen LogP contribution is 2.31. The van der Waals surface area contributed by atoms with E-state index >= 15 is 0 Å². The average molecular weight is 417 g/mol. The van der Waals surface area contributed by atoms with Crippen LogP contribution in [0.25, 0.3) is 11.3 Å². The first-order chi connectivity index (χ1) is 14.1. The summed E-state index contributed by atoms with van der Waals surface area (Å²) in [5, 5.41) is 20.6. The van der Waals surface area contributed by atoms with E-state index in [4.69, 9.17) is 4.74 Å². The summed E-state index contributed by atoms with van der Waals surface area (Å²) in [6.45, 7) is 1.62. The standard InChI is InChI=1S/C20H24N4O4S/c25-12-20(5-7-28-8-6-20)11-21-18(27)24-19-23-16(10-29-19)14-1-3-15-13(9-14)2-4-17(26)22-15/h1,3,9-10,25H,2,4-8,11-12H2,(H,22,26)(H2,21,23,24,27). The lowest BCUT2D eigenvalue weighted by Crippen LogP contribution is -2.44. The van der Waals surface area contributed by atoms with Gasteiger partial charge in [0.2, 0.25) is 5.91 Å². The summed E-state index contributed by atoms with van der Waals surface area (Å²) in [6.07, 6.45) is 2.65. The number of fused-ring (bicyclic) bond motifs is 1. The van der Waals surface area contributed by atoms with Gasteiger partial charge in [0, 0.05) is 48.2 Å². The summed E-state index contributed by atoms with van der Waals surface area (Å²) >= 11 is 1.35. The highest BCUT2D eigenvalue weighted by molar-refractivity contribution is 7.14. The topological polar surface area (TPSA) is 113 Å². The number of benzene rings is 1. The van der Waals surface area contributed by atoms with E-state index in [1.165, 1.54) is 11.3 Å². The van der Waals surface area contributed by atoms with E-state index in [0.29, 0.717) is 37.7 Å². The molecule has 3 amide bonds. The summed E-state index contributed by atoms with van der Waals surface area (Å²) in [5.74, 6) is 0.0418. The summed E-state index contributed by atoms with van der Waals surface area (Å²) < 4.78 is 5.35. The molecule has 1 fully saturated rings. The van der Waals surface area contributed by atoms with Crippen molar-refractivity contribution in [2.45, 2.75) is 25.7 Å². The maximum Gasteiger partial charge on any atom is 0.321 e. The molecular weight excluding hydrogens is 392 g/mol. The molecule has 1 aromatic carbocycles. The van der Waals surface area contributed by atoms with Crippen LogP contribution < -0.4 is 16.0 Å². The van der Waals surface area contributed by atoms with Gasteiger partial charge in [0.05, 0.1) is 12.3 Å². The number of amides is 3. The van der Waals surface area contributed by atoms with Crippen LogP contribution in [0.15, 0.2) is 23.6 Å². The van der Waals surface area contributed by atoms with Crippen molar-refractivity contribution in [3.8, 4) is 11.3 Å². The Labute approximate surface area is 172 Å². The second kappa shape index (κ2) is 8.48. The van der Waals surface area contributed by atoms with Crippen molar-refractivity contribution in [2.75, 3.05) is 37.0 Å². The lowest BCUT2D eigenvalue weighted by atomic mass is 9.81. The van der Waals surface area contributed by atoms with Crippen LogP contribution in [0.5, 0.6) is 0 Å². The van der Waals surface area contributed by atoms with E-state index in [1.807, 2.05) is 23.6 Å². The van der Waals surface area contributed by atoms with E-state index in [-0.39, 0.29) is 24.0 Å². The van der Waals surface area contributed by atoms with Gasteiger partial charge in [-0.15, -0.1) is 11.3 Å². The number of nitrogens with one attached hydrogen (secondary N) is 3. The monoisotopic (exact) mass is 416 g/mol. The molecule has 0 bridgehead atoms. The maximum atomic E-state index is 12.3. The molecule has 0 radical (unpaired) electrons. The Kier molecular flexibility index (Phi) is 5.79. The molecule has 9 heteroatoms. The Hall–Kier alpha value is -2.49. The number of carbonyl (C=O) groups excluding carboxylic acids is 2. The molecule has 0 spiro atoms. The van der Waals surface area contributed by atoms with Crippen LogP contribution in [0.2, 0.25) is 0 Å². The molecule has 2 aliphatic rings. The van der Waals surface area contributed by atoms with Crippen LogP contribution >= 0.6 is 11.3 Å². The minimum absolute atomic E-state index is 0.0246. The van der Waals surface area contributed by atoms with Crippen LogP contribution in [-0.2, 0) is 16.0 Å². The van der Waals surface area contributed by atoms with Crippen molar-refractivity contribution in [2.24, 2.45) is 5.41 Å². The molecular formula is C20H24N4O4S. The number of hydrogen-bond donors (Lipinski definition) is 4. The highest BCUT2D eigenvalue weighted by atomic mass is 32.1. The molecule has 4 rings (SSSR count). The zero-order chi connectivity index (χ0) is 20.3. The van der Waals surface area contributed by atoms with Crippen LogP contribution in [0, 0.1) is 5.41 Å². The number of urea groups is 1. The summed E-state index contributed by atoms with van der Waals surface area (Å²) in [4.78, 5) is 28.3. The lowest BCUT2D eigenvalue weighted by Gasteiger charge is -2.35. The Morgan fingerprint density at radius 2 is 2.14 bits per heavy atom. The van der Waals surface area contributed by atoms with Crippen LogP contribution in [0.3, 0.4) is 0 Å². The van der Waals surface area contributed by atoms with Crippen molar-refractivity contribution in [3.63, 3.8) is 0 Å². The molecule has 2 aromatic rings. The number of ether oxygens (including phenoxy) is 1. The molecule has 0 saturated carbocycles. The van der Waals surface area contributed by atoms with Crippen LogP contribution in [0.1, 0.15) is 24.8 Å². The molecule has 8 nitrogen and oxygen atoms in total. The lowest BCUT2D eigenvalue weighted by molar-refractivity contribution is -0.116. The molecule has 0 atom stereocenters. The fraction of sp³-hybridized carbons (Fsp3) is 0.450. The number of aliphatic hydroxyl groups excluding tert-OH is 1. The quantitative estimate of drug-likeness (QED) is 0.599. The summed E-state index contributed by atoms with van der Waals surface area (Å²) in [7, 11) is 0. The minimum Gasteiger partial charge on any atom is -0.396 e. The number of aliphatic hydroxyl groups is 1. The largest absolute Gasteiger partial charge is 0.396 e. The molecule has 4 N–H and O–H groups in total. The van der Waals surface area contributed by atoms with Gasteiger partial charge in [-0.05, 0) is 37.0 Å². The third kappa shape index (κ3) is 4.58. The maximum absolute atomic E-state index is 12.3. The van der Waals surface area contributed by atoms with Gasteiger partial charge in [-0.2, -0.15) is 0 Å². The van der Waals surface area contributed by atoms with Gasteiger partial charge in [0.15, 0.2) is 5.13 Å². The van der Waals surface area contributed by atoms with E-state index in [0.717, 1.165) is 35.3 Å². The van der Waals surface area contributed by atoms with Crippen molar-refractivity contribution >= 4 is 34.1 Å². The van der Waals surface area contributed by atoms with Gasteiger partial charge in [-0.25, -0.2) is 9.78 Å². The molecule has 3 heterocycles. The van der Waals surface area contributed by atoms with Gasteiger partial charge in [0.25, 0.3) is 0 Å². The Bertz CT molecular complexity index is 908. The molecule has 1 aromatic heterocycles. The Balaban J connectivity index is 1.37. The third-order valence-electron chi connectivity index (χ3n) is 5.53. The second-order valence-corrected chi connectivity index (χ2v) is 8.39. The third-order valence-corrected chi connectivity index (χ3v) is 6.29. The summed E-state index contributed by atoms with van der Waals surface area (Å²) in [6, 6.07) is 5.50. The number of thiazole rings is 1. The fourth-order valence-electron chi connectivity index (χ4n) is 3.61. The molecule has 2 aliphatic heterocycles. The number of aromatic nitrogens is 1. The molecule has 154 valence electrons. The number of nitrogens with zero attached hydrogens (tertiary/aromatic N) is 1. The first kappa shape index (κ1) is 19.8. The predicted octanol–water partition coefficient (Wildman–Crippen LogP) is 2.61. The van der Waals surface area contributed by atoms with E-state index in [1.54, 1.807) is 0 Å². The second-order valence-electron chi connectivity index (χ2n) is 7.54. The number of rotatable bonds is 5. The molecule has 29 heavy (non-hydrogen) atoms. The SMILES string of the molecule is O=C1CCc2cc(-c3csc(NC(=O)NCC4(CO)CCOCC4)n3)ccc2N1. The number of anilines is 2. The van der Waals surface area contributed by atoms with Gasteiger partial charge in [-0.3, -0.25) is 10.1 Å². The first-order valence-electron chi connectivity index (χ1n) is 9.69. The van der Waals surface area contributed by atoms with Crippen LogP contribution in [0.4, 0.5) is 15.6 Å². The Morgan fingerprint density at radius 3 is 2.93 bits per heavy atom. The average Bonchev–Trinajstić information content (AvgIpc) is 3.21. The smallest absolute Gasteiger partial charge is 0.321 e. The zero-order valence-electron chi connectivity index (χ0n) is 16.0. The Morgan fingerprint density at radius 1 is 1.31 bits per heavy atom. The number of aryl methyl sites for hydroxylation is 1. The minimum atomic E-state index is -0.335.